The first-order valence-electron chi connectivity index (χ1n) is 5.73. The van der Waals surface area contributed by atoms with Crippen LogP contribution in [0.1, 0.15) is 26.2 Å². The molecule has 0 aliphatic carbocycles. The molecule has 0 bridgehead atoms. The fourth-order valence-electron chi connectivity index (χ4n) is 1.11. The Labute approximate surface area is 98.7 Å². The van der Waals surface area contributed by atoms with Crippen LogP contribution in [0.5, 0.6) is 0 Å². The zero-order chi connectivity index (χ0) is 12.2. The van der Waals surface area contributed by atoms with E-state index in [1.165, 1.54) is 0 Å². The van der Waals surface area contributed by atoms with Crippen molar-refractivity contribution in [1.82, 2.24) is 0 Å². The molecule has 0 aliphatic heterocycles. The van der Waals surface area contributed by atoms with Gasteiger partial charge in [0.2, 0.25) is 0 Å². The summed E-state index contributed by atoms with van der Waals surface area (Å²) in [6, 6.07) is 1.08. The Balaban J connectivity index is 3.24. The molecule has 0 saturated heterocycles. The maximum absolute atomic E-state index is 11.1. The molecule has 0 heterocycles. The lowest BCUT2D eigenvalue weighted by Gasteiger charge is -2.08. The Morgan fingerprint density at radius 1 is 1.44 bits per heavy atom. The van der Waals surface area contributed by atoms with Gasteiger partial charge in [-0.1, -0.05) is 6.42 Å². The van der Waals surface area contributed by atoms with E-state index in [0.717, 1.165) is 25.5 Å². The number of esters is 1. The van der Waals surface area contributed by atoms with Gasteiger partial charge in [-0.3, -0.25) is 4.79 Å². The van der Waals surface area contributed by atoms with E-state index in [-0.39, 0.29) is 28.9 Å². The SMILES string of the molecule is CCO[SiH2]CCCCC(=O)OCC(O)CO. The van der Waals surface area contributed by atoms with Crippen LogP contribution < -0.4 is 0 Å². The molecule has 5 nitrogen and oxygen atoms in total. The van der Waals surface area contributed by atoms with Crippen molar-refractivity contribution >= 4 is 15.7 Å². The van der Waals surface area contributed by atoms with Crippen LogP contribution in [0.15, 0.2) is 0 Å². The van der Waals surface area contributed by atoms with Gasteiger partial charge >= 0.3 is 5.97 Å². The lowest BCUT2D eigenvalue weighted by molar-refractivity contribution is -0.147. The topological polar surface area (TPSA) is 76.0 Å². The van der Waals surface area contributed by atoms with Crippen LogP contribution in [0.2, 0.25) is 6.04 Å². The van der Waals surface area contributed by atoms with Gasteiger partial charge in [-0.05, 0) is 19.4 Å². The van der Waals surface area contributed by atoms with Gasteiger partial charge in [0.15, 0.2) is 9.76 Å². The minimum Gasteiger partial charge on any atom is -0.463 e. The largest absolute Gasteiger partial charge is 0.463 e. The van der Waals surface area contributed by atoms with Crippen molar-refractivity contribution in [2.75, 3.05) is 19.8 Å². The lowest BCUT2D eigenvalue weighted by atomic mass is 10.2. The first-order valence-corrected chi connectivity index (χ1v) is 7.30. The Hall–Kier alpha value is -0.433. The molecule has 0 spiro atoms. The molecule has 6 heteroatoms. The number of unbranched alkanes of at least 4 members (excludes halogenated alkanes) is 1. The van der Waals surface area contributed by atoms with Gasteiger partial charge in [-0.15, -0.1) is 0 Å². The highest BCUT2D eigenvalue weighted by atomic mass is 28.2. The van der Waals surface area contributed by atoms with E-state index in [2.05, 4.69) is 0 Å². The quantitative estimate of drug-likeness (QED) is 0.313. The zero-order valence-corrected chi connectivity index (χ0v) is 11.3. The second-order valence-corrected chi connectivity index (χ2v) is 5.05. The van der Waals surface area contributed by atoms with E-state index in [1.54, 1.807) is 0 Å². The second kappa shape index (κ2) is 11.1. The highest BCUT2D eigenvalue weighted by Crippen LogP contribution is 2.02. The van der Waals surface area contributed by atoms with Gasteiger partial charge in [0.25, 0.3) is 0 Å². The van der Waals surface area contributed by atoms with Crippen molar-refractivity contribution in [2.24, 2.45) is 0 Å². The van der Waals surface area contributed by atoms with Crippen molar-refractivity contribution in [2.45, 2.75) is 38.3 Å². The monoisotopic (exact) mass is 250 g/mol. The molecule has 1 atom stereocenters. The molecule has 0 aliphatic rings. The number of rotatable bonds is 10. The second-order valence-electron chi connectivity index (χ2n) is 3.53. The first-order chi connectivity index (χ1) is 7.70. The molecule has 0 saturated carbocycles. The van der Waals surface area contributed by atoms with Gasteiger partial charge < -0.3 is 19.4 Å². The fraction of sp³-hybridized carbons (Fsp3) is 0.900. The minimum absolute atomic E-state index is 0.122. The summed E-state index contributed by atoms with van der Waals surface area (Å²) < 4.78 is 10.0. The van der Waals surface area contributed by atoms with Gasteiger partial charge in [-0.2, -0.15) is 0 Å². The molecular formula is C10H22O5Si. The zero-order valence-electron chi connectivity index (χ0n) is 9.85. The molecule has 96 valence electrons. The smallest absolute Gasteiger partial charge is 0.305 e. The normalized spacial score (nSPS) is 13.2. The van der Waals surface area contributed by atoms with E-state index < -0.39 is 6.10 Å². The molecule has 1 unspecified atom stereocenters. The Morgan fingerprint density at radius 3 is 2.81 bits per heavy atom. The van der Waals surface area contributed by atoms with E-state index in [0.29, 0.717) is 6.42 Å². The van der Waals surface area contributed by atoms with Crippen LogP contribution in [0, 0.1) is 0 Å². The molecule has 0 radical (unpaired) electrons. The maximum atomic E-state index is 11.1. The van der Waals surface area contributed by atoms with Crippen LogP contribution in [0.3, 0.4) is 0 Å². The van der Waals surface area contributed by atoms with Crippen molar-refractivity contribution in [3.05, 3.63) is 0 Å². The van der Waals surface area contributed by atoms with Crippen LogP contribution in [-0.2, 0) is 14.0 Å². The molecular weight excluding hydrogens is 228 g/mol. The van der Waals surface area contributed by atoms with Crippen molar-refractivity contribution in [3.8, 4) is 0 Å². The van der Waals surface area contributed by atoms with Gasteiger partial charge in [0, 0.05) is 13.0 Å². The average Bonchev–Trinajstić information content (AvgIpc) is 2.30. The molecule has 0 aromatic carbocycles. The Morgan fingerprint density at radius 2 is 2.19 bits per heavy atom. The summed E-state index contributed by atoms with van der Waals surface area (Å²) >= 11 is 0. The van der Waals surface area contributed by atoms with Crippen LogP contribution in [0.4, 0.5) is 0 Å². The third-order valence-corrected chi connectivity index (χ3v) is 3.51. The number of hydrogen-bond acceptors (Lipinski definition) is 5. The van der Waals surface area contributed by atoms with Gasteiger partial charge in [0.05, 0.1) is 6.61 Å². The van der Waals surface area contributed by atoms with Crippen LogP contribution in [-0.4, -0.2) is 51.9 Å². The fourth-order valence-corrected chi connectivity index (χ4v) is 2.16. The minimum atomic E-state index is -0.964. The number of ether oxygens (including phenoxy) is 1. The maximum Gasteiger partial charge on any atom is 0.305 e. The summed E-state index contributed by atoms with van der Waals surface area (Å²) in [6.07, 6.45) is 1.20. The summed E-state index contributed by atoms with van der Waals surface area (Å²) in [5, 5.41) is 17.4. The van der Waals surface area contributed by atoms with E-state index in [1.807, 2.05) is 6.92 Å². The van der Waals surface area contributed by atoms with Crippen LogP contribution in [0.25, 0.3) is 0 Å². The highest BCUT2D eigenvalue weighted by Gasteiger charge is 2.07. The van der Waals surface area contributed by atoms with Crippen molar-refractivity contribution in [3.63, 3.8) is 0 Å². The summed E-state index contributed by atoms with van der Waals surface area (Å²) in [6.45, 7) is 2.26. The molecule has 0 rings (SSSR count). The average molecular weight is 250 g/mol. The molecule has 0 fully saturated rings. The molecule has 0 aromatic rings. The van der Waals surface area contributed by atoms with E-state index in [9.17, 15) is 4.79 Å². The van der Waals surface area contributed by atoms with Crippen molar-refractivity contribution < 1.29 is 24.2 Å². The standard InChI is InChI=1S/C10H22O5Si/c1-2-15-16-6-4-3-5-10(13)14-8-9(12)7-11/h9,11-12H,2-8,16H2,1H3. The summed E-state index contributed by atoms with van der Waals surface area (Å²) in [5.74, 6) is -0.314. The summed E-state index contributed by atoms with van der Waals surface area (Å²) in [4.78, 5) is 11.1. The number of aliphatic hydroxyl groups is 2. The third-order valence-electron chi connectivity index (χ3n) is 2.02. The predicted molar refractivity (Wildman–Crippen MR) is 62.9 cm³/mol. The third kappa shape index (κ3) is 10.1. The van der Waals surface area contributed by atoms with Gasteiger partial charge in [0.1, 0.15) is 12.7 Å². The molecule has 0 aromatic heterocycles. The summed E-state index contributed by atoms with van der Waals surface area (Å²) in [7, 11) is -0.387. The van der Waals surface area contributed by atoms with Gasteiger partial charge in [-0.25, -0.2) is 0 Å². The van der Waals surface area contributed by atoms with E-state index >= 15 is 0 Å². The van der Waals surface area contributed by atoms with E-state index in [4.69, 9.17) is 19.4 Å². The number of carbonyl (C=O) groups is 1. The number of carbonyl (C=O) groups excluding carboxylic acids is 1. The Kier molecular flexibility index (Phi) is 10.8. The Bertz CT molecular complexity index is 177. The lowest BCUT2D eigenvalue weighted by Crippen LogP contribution is -2.21. The number of hydrogen-bond donors (Lipinski definition) is 2. The number of aliphatic hydroxyl groups excluding tert-OH is 2. The molecule has 0 amide bonds. The first kappa shape index (κ1) is 15.6. The van der Waals surface area contributed by atoms with Crippen LogP contribution >= 0.6 is 0 Å². The molecule has 16 heavy (non-hydrogen) atoms. The highest BCUT2D eigenvalue weighted by molar-refractivity contribution is 6.26. The molecule has 2 N–H and O–H groups in total. The van der Waals surface area contributed by atoms with Crippen molar-refractivity contribution in [1.29, 1.82) is 0 Å². The summed E-state index contributed by atoms with van der Waals surface area (Å²) in [5.41, 5.74) is 0. The predicted octanol–water partition coefficient (Wildman–Crippen LogP) is -0.408.